The lowest BCUT2D eigenvalue weighted by atomic mass is 9.96. The number of carbonyl (C=O) groups excluding carboxylic acids is 1. The Hall–Kier alpha value is -1.79. The van der Waals surface area contributed by atoms with Crippen molar-refractivity contribution in [3.05, 3.63) is 23.8 Å². The third-order valence-electron chi connectivity index (χ3n) is 5.68. The zero-order chi connectivity index (χ0) is 19.2. The van der Waals surface area contributed by atoms with Crippen molar-refractivity contribution in [3.8, 4) is 11.5 Å². The first-order chi connectivity index (χ1) is 13.1. The van der Waals surface area contributed by atoms with E-state index in [4.69, 9.17) is 15.2 Å². The average molecular weight is 376 g/mol. The predicted octanol–water partition coefficient (Wildman–Crippen LogP) is 2.57. The minimum Gasteiger partial charge on any atom is -0.454 e. The zero-order valence-corrected chi connectivity index (χ0v) is 16.7. The number of likely N-dealkylation sites (tertiary alicyclic amines) is 1. The van der Waals surface area contributed by atoms with Crippen LogP contribution in [0.2, 0.25) is 0 Å². The molecule has 0 aliphatic carbocycles. The van der Waals surface area contributed by atoms with Crippen LogP contribution in [0.15, 0.2) is 18.2 Å². The third-order valence-corrected chi connectivity index (χ3v) is 5.68. The van der Waals surface area contributed by atoms with Crippen LogP contribution in [-0.2, 0) is 4.79 Å². The second-order valence-corrected chi connectivity index (χ2v) is 7.70. The van der Waals surface area contributed by atoms with Gasteiger partial charge >= 0.3 is 0 Å². The molecule has 0 saturated carbocycles. The van der Waals surface area contributed by atoms with Gasteiger partial charge in [0.05, 0.1) is 6.54 Å². The molecule has 6 nitrogen and oxygen atoms in total. The summed E-state index contributed by atoms with van der Waals surface area (Å²) >= 11 is 0. The second-order valence-electron chi connectivity index (χ2n) is 7.70. The van der Waals surface area contributed by atoms with Crippen molar-refractivity contribution in [2.24, 2.45) is 5.73 Å². The van der Waals surface area contributed by atoms with Gasteiger partial charge < -0.3 is 20.1 Å². The quantitative estimate of drug-likeness (QED) is 0.718. The number of hydrogen-bond acceptors (Lipinski definition) is 5. The number of amides is 1. The topological polar surface area (TPSA) is 68.0 Å². The van der Waals surface area contributed by atoms with Gasteiger partial charge in [-0.3, -0.25) is 9.69 Å². The van der Waals surface area contributed by atoms with E-state index in [2.05, 4.69) is 30.9 Å². The molecule has 2 atom stereocenters. The monoisotopic (exact) mass is 375 g/mol. The Morgan fingerprint density at radius 3 is 2.81 bits per heavy atom. The van der Waals surface area contributed by atoms with Crippen molar-refractivity contribution in [2.75, 3.05) is 39.5 Å². The summed E-state index contributed by atoms with van der Waals surface area (Å²) in [6.07, 6.45) is 4.07. The van der Waals surface area contributed by atoms with E-state index in [1.54, 1.807) is 0 Å². The fourth-order valence-electron chi connectivity index (χ4n) is 3.99. The van der Waals surface area contributed by atoms with Gasteiger partial charge in [0.25, 0.3) is 0 Å². The van der Waals surface area contributed by atoms with Gasteiger partial charge in [-0.15, -0.1) is 0 Å². The lowest BCUT2D eigenvalue weighted by Gasteiger charge is -2.27. The van der Waals surface area contributed by atoms with Gasteiger partial charge in [-0.1, -0.05) is 19.4 Å². The lowest BCUT2D eigenvalue weighted by molar-refractivity contribution is -0.132. The Balaban J connectivity index is 1.59. The summed E-state index contributed by atoms with van der Waals surface area (Å²) in [6.45, 7) is 8.31. The molecule has 3 rings (SSSR count). The summed E-state index contributed by atoms with van der Waals surface area (Å²) in [5.41, 5.74) is 6.92. The van der Waals surface area contributed by atoms with E-state index in [1.807, 2.05) is 11.0 Å². The zero-order valence-electron chi connectivity index (χ0n) is 16.7. The van der Waals surface area contributed by atoms with Crippen LogP contribution in [0.25, 0.3) is 0 Å². The summed E-state index contributed by atoms with van der Waals surface area (Å²) < 4.78 is 10.9. The Labute approximate surface area is 162 Å². The highest BCUT2D eigenvalue weighted by molar-refractivity contribution is 5.78. The van der Waals surface area contributed by atoms with Crippen LogP contribution in [0.4, 0.5) is 0 Å². The number of benzene rings is 1. The molecular formula is C21H33N3O3. The molecule has 150 valence electrons. The van der Waals surface area contributed by atoms with E-state index in [1.165, 1.54) is 5.56 Å². The molecule has 2 aliphatic heterocycles. The highest BCUT2D eigenvalue weighted by Crippen LogP contribution is 2.38. The van der Waals surface area contributed by atoms with Crippen molar-refractivity contribution in [2.45, 2.75) is 51.5 Å². The van der Waals surface area contributed by atoms with Gasteiger partial charge in [0, 0.05) is 25.7 Å². The molecule has 1 saturated heterocycles. The van der Waals surface area contributed by atoms with Crippen molar-refractivity contribution in [3.63, 3.8) is 0 Å². The summed E-state index contributed by atoms with van der Waals surface area (Å²) in [6, 6.07) is 6.62. The van der Waals surface area contributed by atoms with Crippen LogP contribution in [0, 0.1) is 0 Å². The normalized spacial score (nSPS) is 21.6. The van der Waals surface area contributed by atoms with Crippen molar-refractivity contribution >= 4 is 5.91 Å². The molecule has 0 radical (unpaired) electrons. The van der Waals surface area contributed by atoms with Crippen molar-refractivity contribution < 1.29 is 14.3 Å². The maximum absolute atomic E-state index is 12.9. The van der Waals surface area contributed by atoms with E-state index in [9.17, 15) is 4.79 Å². The predicted molar refractivity (Wildman–Crippen MR) is 106 cm³/mol. The summed E-state index contributed by atoms with van der Waals surface area (Å²) in [7, 11) is 0. The number of unbranched alkanes of at least 4 members (excludes halogenated alkanes) is 1. The average Bonchev–Trinajstić information content (AvgIpc) is 3.28. The van der Waals surface area contributed by atoms with E-state index in [0.717, 1.165) is 56.8 Å². The molecule has 0 spiro atoms. The van der Waals surface area contributed by atoms with Gasteiger partial charge in [0.2, 0.25) is 12.7 Å². The Morgan fingerprint density at radius 1 is 1.26 bits per heavy atom. The van der Waals surface area contributed by atoms with E-state index < -0.39 is 0 Å². The van der Waals surface area contributed by atoms with Gasteiger partial charge in [-0.05, 0) is 56.3 Å². The molecule has 1 amide bonds. The number of hydrogen-bond donors (Lipinski definition) is 1. The molecule has 2 N–H and O–H groups in total. The van der Waals surface area contributed by atoms with Crippen molar-refractivity contribution in [1.29, 1.82) is 0 Å². The van der Waals surface area contributed by atoms with Crippen LogP contribution >= 0.6 is 0 Å². The first kappa shape index (κ1) is 20.0. The number of rotatable bonds is 9. The maximum atomic E-state index is 12.9. The minimum atomic E-state index is 0.232. The fourth-order valence-corrected chi connectivity index (χ4v) is 3.99. The number of carbonyl (C=O) groups is 1. The van der Waals surface area contributed by atoms with Crippen LogP contribution in [0.3, 0.4) is 0 Å². The van der Waals surface area contributed by atoms with E-state index >= 15 is 0 Å². The Morgan fingerprint density at radius 2 is 2.04 bits per heavy atom. The minimum absolute atomic E-state index is 0.232. The number of ether oxygens (including phenoxy) is 2. The number of fused-ring (bicyclic) bond motifs is 1. The van der Waals surface area contributed by atoms with Crippen LogP contribution in [0.5, 0.6) is 11.5 Å². The SMILES string of the molecule is CCCCN(CCCN)C(=O)CN1C[C@H](c2ccc3c(c2)OCO3)C[C@@H]1C. The van der Waals surface area contributed by atoms with Gasteiger partial charge in [-0.2, -0.15) is 0 Å². The molecular weight excluding hydrogens is 342 g/mol. The summed E-state index contributed by atoms with van der Waals surface area (Å²) in [4.78, 5) is 17.2. The molecule has 0 bridgehead atoms. The molecule has 0 unspecified atom stereocenters. The first-order valence-electron chi connectivity index (χ1n) is 10.2. The molecule has 27 heavy (non-hydrogen) atoms. The van der Waals surface area contributed by atoms with Crippen LogP contribution < -0.4 is 15.2 Å². The van der Waals surface area contributed by atoms with E-state index in [0.29, 0.717) is 31.8 Å². The standard InChI is InChI=1S/C21H33N3O3/c1-3-4-9-23(10-5-8-22)21(25)14-24-13-18(11-16(24)2)17-6-7-19-20(12-17)27-15-26-19/h6-7,12,16,18H,3-5,8-11,13-15,22H2,1-2H3/t16-,18+/m0/s1. The molecule has 1 fully saturated rings. The largest absolute Gasteiger partial charge is 0.454 e. The van der Waals surface area contributed by atoms with Crippen LogP contribution in [0.1, 0.15) is 51.0 Å². The highest BCUT2D eigenvalue weighted by atomic mass is 16.7. The molecule has 0 aromatic heterocycles. The molecule has 6 heteroatoms. The van der Waals surface area contributed by atoms with E-state index in [-0.39, 0.29) is 5.91 Å². The van der Waals surface area contributed by atoms with Crippen LogP contribution in [-0.4, -0.2) is 61.3 Å². The third kappa shape index (κ3) is 4.93. The molecule has 1 aromatic carbocycles. The molecule has 2 aliphatic rings. The fraction of sp³-hybridized carbons (Fsp3) is 0.667. The molecule has 2 heterocycles. The summed E-state index contributed by atoms with van der Waals surface area (Å²) in [5.74, 6) is 2.32. The highest BCUT2D eigenvalue weighted by Gasteiger charge is 2.32. The number of nitrogens with two attached hydrogens (primary N) is 1. The Bertz CT molecular complexity index is 629. The van der Waals surface area contributed by atoms with Gasteiger partial charge in [0.15, 0.2) is 11.5 Å². The molecule has 1 aromatic rings. The number of nitrogens with zero attached hydrogens (tertiary/aromatic N) is 2. The Kier molecular flexibility index (Phi) is 6.96. The second kappa shape index (κ2) is 9.42. The lowest BCUT2D eigenvalue weighted by Crippen LogP contribution is -2.42. The smallest absolute Gasteiger partial charge is 0.236 e. The van der Waals surface area contributed by atoms with Crippen molar-refractivity contribution in [1.82, 2.24) is 9.80 Å². The van der Waals surface area contributed by atoms with Gasteiger partial charge in [-0.25, -0.2) is 0 Å². The van der Waals surface area contributed by atoms with Gasteiger partial charge in [0.1, 0.15) is 0 Å². The summed E-state index contributed by atoms with van der Waals surface area (Å²) in [5, 5.41) is 0. The first-order valence-corrected chi connectivity index (χ1v) is 10.2. The maximum Gasteiger partial charge on any atom is 0.236 e.